The van der Waals surface area contributed by atoms with Crippen molar-refractivity contribution in [2.45, 2.75) is 31.0 Å². The summed E-state index contributed by atoms with van der Waals surface area (Å²) >= 11 is 1.95. The molecule has 2 fully saturated rings. The Kier molecular flexibility index (Phi) is 3.68. The van der Waals surface area contributed by atoms with Crippen LogP contribution in [-0.4, -0.2) is 29.8 Å². The number of halogens is 2. The van der Waals surface area contributed by atoms with Crippen molar-refractivity contribution in [3.8, 4) is 0 Å². The van der Waals surface area contributed by atoms with Gasteiger partial charge in [0.05, 0.1) is 5.54 Å². The standard InChI is InChI=1S/C8H14FNS.ClH/c9-7-1-4-10-8(7)2-5-11-6-3-8;/h7,10H,1-6H2;1H. The first-order chi connectivity index (χ1) is 5.33. The molecule has 2 heterocycles. The van der Waals surface area contributed by atoms with Crippen LogP contribution < -0.4 is 5.32 Å². The lowest BCUT2D eigenvalue weighted by Gasteiger charge is -2.35. The van der Waals surface area contributed by atoms with Crippen LogP contribution >= 0.6 is 24.2 Å². The molecule has 0 saturated carbocycles. The maximum atomic E-state index is 13.4. The third kappa shape index (κ3) is 1.73. The maximum Gasteiger partial charge on any atom is 0.119 e. The highest BCUT2D eigenvalue weighted by molar-refractivity contribution is 7.99. The molecule has 1 spiro atoms. The SMILES string of the molecule is Cl.FC1CCNC12CCSCC2. The van der Waals surface area contributed by atoms with Gasteiger partial charge < -0.3 is 5.32 Å². The summed E-state index contributed by atoms with van der Waals surface area (Å²) < 4.78 is 13.4. The lowest BCUT2D eigenvalue weighted by Crippen LogP contribution is -2.48. The minimum Gasteiger partial charge on any atom is -0.308 e. The van der Waals surface area contributed by atoms with E-state index in [-0.39, 0.29) is 17.9 Å². The van der Waals surface area contributed by atoms with Crippen molar-refractivity contribution in [1.29, 1.82) is 0 Å². The van der Waals surface area contributed by atoms with Crippen LogP contribution in [0.1, 0.15) is 19.3 Å². The number of alkyl halides is 1. The predicted octanol–water partition coefficient (Wildman–Crippen LogP) is 2.01. The molecular weight excluding hydrogens is 197 g/mol. The molecule has 0 aromatic carbocycles. The molecule has 72 valence electrons. The smallest absolute Gasteiger partial charge is 0.119 e. The summed E-state index contributed by atoms with van der Waals surface area (Å²) in [5.74, 6) is 2.26. The second kappa shape index (κ2) is 4.16. The van der Waals surface area contributed by atoms with Gasteiger partial charge in [-0.15, -0.1) is 12.4 Å². The average molecular weight is 212 g/mol. The zero-order chi connectivity index (χ0) is 7.73. The molecule has 1 atom stereocenters. The summed E-state index contributed by atoms with van der Waals surface area (Å²) in [6.07, 6.45) is 2.20. The van der Waals surface area contributed by atoms with E-state index in [2.05, 4.69) is 5.32 Å². The van der Waals surface area contributed by atoms with Crippen molar-refractivity contribution in [3.05, 3.63) is 0 Å². The molecular formula is C8H15ClFNS. The Bertz CT molecular complexity index is 150. The minimum atomic E-state index is -0.580. The van der Waals surface area contributed by atoms with Crippen LogP contribution in [0.3, 0.4) is 0 Å². The van der Waals surface area contributed by atoms with Crippen molar-refractivity contribution in [3.63, 3.8) is 0 Å². The van der Waals surface area contributed by atoms with E-state index in [1.807, 2.05) is 11.8 Å². The van der Waals surface area contributed by atoms with E-state index in [9.17, 15) is 4.39 Å². The maximum absolute atomic E-state index is 13.4. The quantitative estimate of drug-likeness (QED) is 0.658. The van der Waals surface area contributed by atoms with Crippen molar-refractivity contribution in [2.75, 3.05) is 18.1 Å². The lowest BCUT2D eigenvalue weighted by molar-refractivity contribution is 0.188. The molecule has 12 heavy (non-hydrogen) atoms. The molecule has 0 aromatic heterocycles. The van der Waals surface area contributed by atoms with E-state index >= 15 is 0 Å². The highest BCUT2D eigenvalue weighted by Gasteiger charge is 2.43. The lowest BCUT2D eigenvalue weighted by atomic mass is 9.89. The van der Waals surface area contributed by atoms with Gasteiger partial charge in [0.1, 0.15) is 6.17 Å². The van der Waals surface area contributed by atoms with Gasteiger partial charge in [0.25, 0.3) is 0 Å². The van der Waals surface area contributed by atoms with E-state index in [0.717, 1.165) is 37.3 Å². The van der Waals surface area contributed by atoms with E-state index in [1.165, 1.54) is 0 Å². The Labute approximate surface area is 83.3 Å². The van der Waals surface area contributed by atoms with Gasteiger partial charge in [0, 0.05) is 0 Å². The summed E-state index contributed by atoms with van der Waals surface area (Å²) in [6, 6.07) is 0. The van der Waals surface area contributed by atoms with Crippen molar-refractivity contribution in [1.82, 2.24) is 5.32 Å². The molecule has 2 aliphatic rings. The number of nitrogens with one attached hydrogen (secondary N) is 1. The first-order valence-electron chi connectivity index (χ1n) is 4.30. The Balaban J connectivity index is 0.000000720. The largest absolute Gasteiger partial charge is 0.308 e. The second-order valence-corrected chi connectivity index (χ2v) is 4.68. The first-order valence-corrected chi connectivity index (χ1v) is 5.46. The Hall–Kier alpha value is 0.530. The van der Waals surface area contributed by atoms with Gasteiger partial charge in [-0.3, -0.25) is 0 Å². The summed E-state index contributed by atoms with van der Waals surface area (Å²) in [7, 11) is 0. The average Bonchev–Trinajstić information content (AvgIpc) is 2.36. The number of hydrogen-bond acceptors (Lipinski definition) is 2. The van der Waals surface area contributed by atoms with E-state index in [1.54, 1.807) is 0 Å². The zero-order valence-electron chi connectivity index (χ0n) is 7.01. The zero-order valence-corrected chi connectivity index (χ0v) is 8.65. The molecule has 0 aliphatic carbocycles. The highest BCUT2D eigenvalue weighted by Crippen LogP contribution is 2.35. The van der Waals surface area contributed by atoms with Crippen molar-refractivity contribution in [2.24, 2.45) is 0 Å². The number of hydrogen-bond donors (Lipinski definition) is 1. The Morgan fingerprint density at radius 2 is 2.00 bits per heavy atom. The molecule has 1 nitrogen and oxygen atoms in total. The summed E-state index contributed by atoms with van der Waals surface area (Å²) in [4.78, 5) is 0. The molecule has 4 heteroatoms. The number of rotatable bonds is 0. The van der Waals surface area contributed by atoms with Gasteiger partial charge in [-0.05, 0) is 37.3 Å². The minimum absolute atomic E-state index is 0. The molecule has 0 bridgehead atoms. The van der Waals surface area contributed by atoms with Gasteiger partial charge in [-0.2, -0.15) is 11.8 Å². The van der Waals surface area contributed by atoms with Crippen LogP contribution in [0.4, 0.5) is 4.39 Å². The van der Waals surface area contributed by atoms with Crippen molar-refractivity contribution >= 4 is 24.2 Å². The molecule has 0 radical (unpaired) electrons. The normalized spacial score (nSPS) is 33.2. The third-order valence-corrected chi connectivity index (χ3v) is 3.85. The third-order valence-electron chi connectivity index (χ3n) is 2.86. The van der Waals surface area contributed by atoms with E-state index < -0.39 is 6.17 Å². The molecule has 2 aliphatic heterocycles. The van der Waals surface area contributed by atoms with Crippen LogP contribution in [0.2, 0.25) is 0 Å². The highest BCUT2D eigenvalue weighted by atomic mass is 35.5. The van der Waals surface area contributed by atoms with Crippen molar-refractivity contribution < 1.29 is 4.39 Å². The Morgan fingerprint density at radius 1 is 1.33 bits per heavy atom. The molecule has 0 aromatic rings. The summed E-state index contributed by atoms with van der Waals surface area (Å²) in [5, 5.41) is 3.33. The molecule has 1 N–H and O–H groups in total. The van der Waals surface area contributed by atoms with Crippen LogP contribution in [-0.2, 0) is 0 Å². The summed E-state index contributed by atoms with van der Waals surface area (Å²) in [6.45, 7) is 0.881. The van der Waals surface area contributed by atoms with E-state index in [4.69, 9.17) is 0 Å². The van der Waals surface area contributed by atoms with Crippen LogP contribution in [0.25, 0.3) is 0 Å². The van der Waals surface area contributed by atoms with Gasteiger partial charge in [0.15, 0.2) is 0 Å². The van der Waals surface area contributed by atoms with Gasteiger partial charge >= 0.3 is 0 Å². The Morgan fingerprint density at radius 3 is 2.50 bits per heavy atom. The van der Waals surface area contributed by atoms with Crippen LogP contribution in [0.15, 0.2) is 0 Å². The topological polar surface area (TPSA) is 12.0 Å². The molecule has 0 amide bonds. The first kappa shape index (κ1) is 10.6. The monoisotopic (exact) mass is 211 g/mol. The van der Waals surface area contributed by atoms with Gasteiger partial charge in [-0.25, -0.2) is 4.39 Å². The molecule has 2 rings (SSSR count). The fourth-order valence-corrected chi connectivity index (χ4v) is 3.28. The van der Waals surface area contributed by atoms with Gasteiger partial charge in [-0.1, -0.05) is 0 Å². The second-order valence-electron chi connectivity index (χ2n) is 3.45. The fourth-order valence-electron chi connectivity index (χ4n) is 2.06. The number of thioether (sulfide) groups is 1. The fraction of sp³-hybridized carbons (Fsp3) is 1.00. The van der Waals surface area contributed by atoms with Crippen LogP contribution in [0, 0.1) is 0 Å². The van der Waals surface area contributed by atoms with Gasteiger partial charge in [0.2, 0.25) is 0 Å². The summed E-state index contributed by atoms with van der Waals surface area (Å²) in [5.41, 5.74) is -0.106. The molecule has 1 unspecified atom stereocenters. The van der Waals surface area contributed by atoms with Crippen LogP contribution in [0.5, 0.6) is 0 Å². The van der Waals surface area contributed by atoms with E-state index in [0.29, 0.717) is 0 Å². The molecule has 2 saturated heterocycles. The predicted molar refractivity (Wildman–Crippen MR) is 54.1 cm³/mol.